The summed E-state index contributed by atoms with van der Waals surface area (Å²) in [7, 11) is 0. The first-order valence-corrected chi connectivity index (χ1v) is 18.9. The molecule has 2 unspecified atom stereocenters. The molecule has 0 aromatic heterocycles. The lowest BCUT2D eigenvalue weighted by atomic mass is 9.77. The van der Waals surface area contributed by atoms with Crippen LogP contribution in [0, 0.1) is 0 Å². The van der Waals surface area contributed by atoms with Gasteiger partial charge < -0.3 is 18.9 Å². The molecule has 6 nitrogen and oxygen atoms in total. The molecule has 0 fully saturated rings. The SMILES string of the molecule is CC(C)(C)c1cc2c(c(C(C)(C)C)c1)OC(=O)C2c1ccc(OCCCOc2ccc(C3C(=O)Oc4c3cc(C(C)(C)C)cc4C(C)(C)C)cc2)cc1. The first kappa shape index (κ1) is 38.2. The zero-order valence-electron chi connectivity index (χ0n) is 33.7. The second-order valence-corrected chi connectivity index (χ2v) is 18.8. The van der Waals surface area contributed by atoms with E-state index in [4.69, 9.17) is 18.9 Å². The molecule has 0 bridgehead atoms. The molecule has 53 heavy (non-hydrogen) atoms. The molecule has 4 aromatic rings. The van der Waals surface area contributed by atoms with Crippen LogP contribution in [-0.2, 0) is 31.2 Å². The van der Waals surface area contributed by atoms with E-state index in [9.17, 15) is 9.59 Å². The number of hydrogen-bond acceptors (Lipinski definition) is 6. The van der Waals surface area contributed by atoms with Crippen molar-refractivity contribution in [3.63, 3.8) is 0 Å². The van der Waals surface area contributed by atoms with Gasteiger partial charge in [0.15, 0.2) is 0 Å². The van der Waals surface area contributed by atoms with Crippen molar-refractivity contribution in [3.8, 4) is 23.0 Å². The molecule has 2 aliphatic heterocycles. The van der Waals surface area contributed by atoms with Gasteiger partial charge in [-0.15, -0.1) is 0 Å². The third-order valence-corrected chi connectivity index (χ3v) is 10.3. The van der Waals surface area contributed by atoms with Crippen LogP contribution in [0.25, 0.3) is 0 Å². The smallest absolute Gasteiger partial charge is 0.323 e. The van der Waals surface area contributed by atoms with E-state index in [2.05, 4.69) is 107 Å². The van der Waals surface area contributed by atoms with Gasteiger partial charge in [-0.05, 0) is 68.2 Å². The molecular weight excluding hydrogens is 661 g/mol. The number of hydrogen-bond donors (Lipinski definition) is 0. The number of rotatable bonds is 8. The van der Waals surface area contributed by atoms with Crippen molar-refractivity contribution in [2.24, 2.45) is 0 Å². The van der Waals surface area contributed by atoms with Gasteiger partial charge in [0.25, 0.3) is 0 Å². The Hall–Kier alpha value is -4.58. The highest BCUT2D eigenvalue weighted by atomic mass is 16.5. The summed E-state index contributed by atoms with van der Waals surface area (Å²) in [6.45, 7) is 27.1. The molecule has 0 spiro atoms. The summed E-state index contributed by atoms with van der Waals surface area (Å²) in [6, 6.07) is 24.2. The molecule has 0 radical (unpaired) electrons. The third kappa shape index (κ3) is 7.88. The predicted octanol–water partition coefficient (Wildman–Crippen LogP) is 10.8. The summed E-state index contributed by atoms with van der Waals surface area (Å²) in [4.78, 5) is 26.5. The largest absolute Gasteiger partial charge is 0.493 e. The van der Waals surface area contributed by atoms with Crippen molar-refractivity contribution in [2.45, 2.75) is 123 Å². The number of fused-ring (bicyclic) bond motifs is 2. The zero-order chi connectivity index (χ0) is 38.7. The molecule has 6 heteroatoms. The minimum Gasteiger partial charge on any atom is -0.493 e. The van der Waals surface area contributed by atoms with Gasteiger partial charge in [0, 0.05) is 28.7 Å². The van der Waals surface area contributed by atoms with Crippen LogP contribution < -0.4 is 18.9 Å². The average molecular weight is 717 g/mol. The number of ether oxygens (including phenoxy) is 4. The van der Waals surface area contributed by atoms with E-state index in [-0.39, 0.29) is 33.6 Å². The maximum atomic E-state index is 13.3. The lowest BCUT2D eigenvalue weighted by Gasteiger charge is -2.27. The van der Waals surface area contributed by atoms with Crippen LogP contribution >= 0.6 is 0 Å². The summed E-state index contributed by atoms with van der Waals surface area (Å²) in [5.41, 5.74) is 7.66. The number of esters is 2. The van der Waals surface area contributed by atoms with Gasteiger partial charge in [0.1, 0.15) is 34.8 Å². The maximum absolute atomic E-state index is 13.3. The van der Waals surface area contributed by atoms with Crippen LogP contribution in [0.2, 0.25) is 0 Å². The van der Waals surface area contributed by atoms with Crippen molar-refractivity contribution in [1.29, 1.82) is 0 Å². The van der Waals surface area contributed by atoms with E-state index in [1.165, 1.54) is 11.1 Å². The topological polar surface area (TPSA) is 71.1 Å². The van der Waals surface area contributed by atoms with Crippen molar-refractivity contribution in [2.75, 3.05) is 13.2 Å². The highest BCUT2D eigenvalue weighted by Crippen LogP contribution is 2.49. The van der Waals surface area contributed by atoms with Crippen LogP contribution in [0.1, 0.15) is 146 Å². The fourth-order valence-corrected chi connectivity index (χ4v) is 7.10. The lowest BCUT2D eigenvalue weighted by Crippen LogP contribution is -2.17. The highest BCUT2D eigenvalue weighted by Gasteiger charge is 2.41. The van der Waals surface area contributed by atoms with Crippen molar-refractivity contribution in [3.05, 3.63) is 117 Å². The minimum absolute atomic E-state index is 0.0676. The Balaban J connectivity index is 1.07. The molecule has 2 atom stereocenters. The summed E-state index contributed by atoms with van der Waals surface area (Å²) in [6.07, 6.45) is 0.685. The van der Waals surface area contributed by atoms with E-state index in [0.717, 1.165) is 44.9 Å². The van der Waals surface area contributed by atoms with Gasteiger partial charge in [0.2, 0.25) is 0 Å². The standard InChI is InChI=1S/C47H56O6/c1-44(2,3)30-24-34-38(42(48)52-40(34)36(26-30)46(7,8)9)28-14-18-32(19-15-28)50-22-13-23-51-33-20-16-29(17-21-33)39-35-25-31(45(4,5)6)27-37(47(10,11)12)41(35)53-43(39)49/h14-21,24-27,38-39H,13,22-23H2,1-12H3. The minimum atomic E-state index is -0.474. The van der Waals surface area contributed by atoms with Crippen molar-refractivity contribution < 1.29 is 28.5 Å². The van der Waals surface area contributed by atoms with E-state index in [0.29, 0.717) is 31.1 Å². The van der Waals surface area contributed by atoms with Gasteiger partial charge >= 0.3 is 11.9 Å². The van der Waals surface area contributed by atoms with Crippen LogP contribution in [0.4, 0.5) is 0 Å². The number of carbonyl (C=O) groups excluding carboxylic acids is 2. The van der Waals surface area contributed by atoms with Crippen LogP contribution in [0.3, 0.4) is 0 Å². The first-order chi connectivity index (χ1) is 24.6. The maximum Gasteiger partial charge on any atom is 0.323 e. The van der Waals surface area contributed by atoms with Crippen LogP contribution in [-0.4, -0.2) is 25.2 Å². The van der Waals surface area contributed by atoms with Gasteiger partial charge in [0.05, 0.1) is 13.2 Å². The predicted molar refractivity (Wildman–Crippen MR) is 211 cm³/mol. The van der Waals surface area contributed by atoms with E-state index in [1.807, 2.05) is 48.5 Å². The quantitative estimate of drug-likeness (QED) is 0.103. The Kier molecular flexibility index (Phi) is 9.85. The van der Waals surface area contributed by atoms with E-state index < -0.39 is 11.8 Å². The Labute approximate surface area is 316 Å². The number of benzene rings is 4. The molecule has 2 heterocycles. The van der Waals surface area contributed by atoms with Gasteiger partial charge in [-0.2, -0.15) is 0 Å². The Morgan fingerprint density at radius 3 is 1.13 bits per heavy atom. The summed E-state index contributed by atoms with van der Waals surface area (Å²) in [5, 5.41) is 0. The van der Waals surface area contributed by atoms with Crippen LogP contribution in [0.15, 0.2) is 72.8 Å². The Morgan fingerprint density at radius 1 is 0.491 bits per heavy atom. The molecule has 6 rings (SSSR count). The Morgan fingerprint density at radius 2 is 0.830 bits per heavy atom. The summed E-state index contributed by atoms with van der Waals surface area (Å²) in [5.74, 6) is 1.43. The Bertz CT molecular complexity index is 1860. The highest BCUT2D eigenvalue weighted by molar-refractivity contribution is 5.91. The summed E-state index contributed by atoms with van der Waals surface area (Å²) >= 11 is 0. The second kappa shape index (κ2) is 13.7. The first-order valence-electron chi connectivity index (χ1n) is 18.9. The lowest BCUT2D eigenvalue weighted by molar-refractivity contribution is -0.134. The van der Waals surface area contributed by atoms with Crippen molar-refractivity contribution in [1.82, 2.24) is 0 Å². The number of carbonyl (C=O) groups is 2. The zero-order valence-corrected chi connectivity index (χ0v) is 33.7. The van der Waals surface area contributed by atoms with Gasteiger partial charge in [-0.25, -0.2) is 0 Å². The monoisotopic (exact) mass is 716 g/mol. The molecule has 0 amide bonds. The molecule has 280 valence electrons. The fourth-order valence-electron chi connectivity index (χ4n) is 7.10. The molecule has 0 N–H and O–H groups in total. The van der Waals surface area contributed by atoms with E-state index >= 15 is 0 Å². The van der Waals surface area contributed by atoms with Gasteiger partial charge in [-0.1, -0.05) is 132 Å². The third-order valence-electron chi connectivity index (χ3n) is 10.3. The molecular formula is C47H56O6. The fraction of sp³-hybridized carbons (Fsp3) is 0.447. The normalized spacial score (nSPS) is 17.3. The molecule has 2 aliphatic rings. The van der Waals surface area contributed by atoms with E-state index in [1.54, 1.807) is 0 Å². The van der Waals surface area contributed by atoms with Gasteiger partial charge in [-0.3, -0.25) is 9.59 Å². The average Bonchev–Trinajstić information content (AvgIpc) is 3.57. The second-order valence-electron chi connectivity index (χ2n) is 18.8. The van der Waals surface area contributed by atoms with Crippen LogP contribution in [0.5, 0.6) is 23.0 Å². The molecule has 0 saturated heterocycles. The summed E-state index contributed by atoms with van der Waals surface area (Å²) < 4.78 is 23.9. The molecule has 0 saturated carbocycles. The molecule has 4 aromatic carbocycles. The molecule has 0 aliphatic carbocycles. The van der Waals surface area contributed by atoms with Crippen molar-refractivity contribution >= 4 is 11.9 Å².